The fourth-order valence-electron chi connectivity index (χ4n) is 0.602. The van der Waals surface area contributed by atoms with Crippen LogP contribution in [0.2, 0.25) is 0 Å². The van der Waals surface area contributed by atoms with Crippen LogP contribution in [0.3, 0.4) is 0 Å². The van der Waals surface area contributed by atoms with Crippen molar-refractivity contribution in [3.8, 4) is 0 Å². The SMILES string of the molecule is COC[C@H]1CCO1. The van der Waals surface area contributed by atoms with Crippen molar-refractivity contribution in [1.82, 2.24) is 0 Å². The van der Waals surface area contributed by atoms with Gasteiger partial charge in [-0.25, -0.2) is 0 Å². The molecule has 2 heteroatoms. The minimum Gasteiger partial charge on any atom is -0.382 e. The molecule has 1 saturated heterocycles. The molecule has 1 heterocycles. The molecule has 7 heavy (non-hydrogen) atoms. The van der Waals surface area contributed by atoms with Gasteiger partial charge in [-0.3, -0.25) is 0 Å². The summed E-state index contributed by atoms with van der Waals surface area (Å²) in [6, 6.07) is 0. The van der Waals surface area contributed by atoms with E-state index in [2.05, 4.69) is 0 Å². The summed E-state index contributed by atoms with van der Waals surface area (Å²) in [4.78, 5) is 0. The van der Waals surface area contributed by atoms with Gasteiger partial charge in [0.25, 0.3) is 0 Å². The summed E-state index contributed by atoms with van der Waals surface area (Å²) >= 11 is 0. The topological polar surface area (TPSA) is 18.5 Å². The van der Waals surface area contributed by atoms with E-state index >= 15 is 0 Å². The zero-order valence-corrected chi connectivity index (χ0v) is 4.52. The van der Waals surface area contributed by atoms with Crippen molar-refractivity contribution in [1.29, 1.82) is 0 Å². The lowest BCUT2D eigenvalue weighted by Gasteiger charge is -2.24. The number of methoxy groups -OCH3 is 1. The second-order valence-corrected chi connectivity index (χ2v) is 1.74. The van der Waals surface area contributed by atoms with Gasteiger partial charge in [0.1, 0.15) is 0 Å². The largest absolute Gasteiger partial charge is 0.382 e. The Bertz CT molecular complexity index is 50.0. The molecular weight excluding hydrogens is 92.1 g/mol. The second-order valence-electron chi connectivity index (χ2n) is 1.74. The Morgan fingerprint density at radius 1 is 1.86 bits per heavy atom. The molecule has 1 aliphatic rings. The summed E-state index contributed by atoms with van der Waals surface area (Å²) in [5, 5.41) is 0. The minimum absolute atomic E-state index is 0.407. The normalized spacial score (nSPS) is 29.6. The first-order valence-corrected chi connectivity index (χ1v) is 2.54. The van der Waals surface area contributed by atoms with E-state index in [0.717, 1.165) is 13.2 Å². The standard InChI is InChI=1S/C5H10O2/c1-6-4-5-2-3-7-5/h5H,2-4H2,1H3/t5-/m1/s1. The third kappa shape index (κ3) is 1.14. The Morgan fingerprint density at radius 3 is 2.71 bits per heavy atom. The maximum Gasteiger partial charge on any atom is 0.0830 e. The summed E-state index contributed by atoms with van der Waals surface area (Å²) in [6.07, 6.45) is 1.58. The van der Waals surface area contributed by atoms with Gasteiger partial charge in [-0.1, -0.05) is 0 Å². The van der Waals surface area contributed by atoms with Crippen LogP contribution in [-0.2, 0) is 9.47 Å². The van der Waals surface area contributed by atoms with Crippen LogP contribution in [0, 0.1) is 0 Å². The van der Waals surface area contributed by atoms with Crippen LogP contribution in [0.25, 0.3) is 0 Å². The van der Waals surface area contributed by atoms with Crippen molar-refractivity contribution >= 4 is 0 Å². The molecular formula is C5H10O2. The lowest BCUT2D eigenvalue weighted by Crippen LogP contribution is -2.30. The average Bonchev–Trinajstić information content (AvgIpc) is 1.55. The fraction of sp³-hybridized carbons (Fsp3) is 1.00. The first kappa shape index (κ1) is 5.06. The van der Waals surface area contributed by atoms with E-state index in [1.54, 1.807) is 7.11 Å². The number of ether oxygens (including phenoxy) is 2. The lowest BCUT2D eigenvalue weighted by atomic mass is 10.2. The van der Waals surface area contributed by atoms with E-state index in [4.69, 9.17) is 9.47 Å². The second kappa shape index (κ2) is 2.28. The molecule has 0 aromatic rings. The highest BCUT2D eigenvalue weighted by molar-refractivity contribution is 4.63. The van der Waals surface area contributed by atoms with E-state index in [0.29, 0.717) is 6.10 Å². The Kier molecular flexibility index (Phi) is 1.65. The van der Waals surface area contributed by atoms with Gasteiger partial charge < -0.3 is 9.47 Å². The highest BCUT2D eigenvalue weighted by Crippen LogP contribution is 2.09. The molecule has 0 aromatic carbocycles. The molecule has 0 unspecified atom stereocenters. The van der Waals surface area contributed by atoms with Crippen molar-refractivity contribution in [3.05, 3.63) is 0 Å². The van der Waals surface area contributed by atoms with Gasteiger partial charge in [-0.2, -0.15) is 0 Å². The zero-order valence-electron chi connectivity index (χ0n) is 4.52. The first-order valence-electron chi connectivity index (χ1n) is 2.54. The van der Waals surface area contributed by atoms with Gasteiger partial charge in [-0.15, -0.1) is 0 Å². The molecule has 0 amide bonds. The summed E-state index contributed by atoms with van der Waals surface area (Å²) in [7, 11) is 1.70. The van der Waals surface area contributed by atoms with Crippen molar-refractivity contribution < 1.29 is 9.47 Å². The first-order chi connectivity index (χ1) is 3.43. The van der Waals surface area contributed by atoms with Crippen molar-refractivity contribution in [2.24, 2.45) is 0 Å². The average molecular weight is 102 g/mol. The predicted molar refractivity (Wildman–Crippen MR) is 26.2 cm³/mol. The smallest absolute Gasteiger partial charge is 0.0830 e. The summed E-state index contributed by atoms with van der Waals surface area (Å²) in [5.74, 6) is 0. The van der Waals surface area contributed by atoms with E-state index in [1.165, 1.54) is 6.42 Å². The highest BCUT2D eigenvalue weighted by atomic mass is 16.5. The molecule has 0 spiro atoms. The van der Waals surface area contributed by atoms with Crippen molar-refractivity contribution in [3.63, 3.8) is 0 Å². The molecule has 42 valence electrons. The molecule has 1 aliphatic heterocycles. The van der Waals surface area contributed by atoms with Gasteiger partial charge in [0, 0.05) is 13.7 Å². The monoisotopic (exact) mass is 102 g/mol. The van der Waals surface area contributed by atoms with Crippen LogP contribution < -0.4 is 0 Å². The van der Waals surface area contributed by atoms with E-state index in [-0.39, 0.29) is 0 Å². The third-order valence-corrected chi connectivity index (χ3v) is 1.15. The summed E-state index contributed by atoms with van der Waals surface area (Å²) < 4.78 is 9.87. The fourth-order valence-corrected chi connectivity index (χ4v) is 0.602. The van der Waals surface area contributed by atoms with E-state index in [9.17, 15) is 0 Å². The Labute approximate surface area is 43.4 Å². The third-order valence-electron chi connectivity index (χ3n) is 1.15. The summed E-state index contributed by atoms with van der Waals surface area (Å²) in [5.41, 5.74) is 0. The van der Waals surface area contributed by atoms with Crippen LogP contribution in [0.5, 0.6) is 0 Å². The zero-order chi connectivity index (χ0) is 5.11. The Balaban J connectivity index is 1.93. The molecule has 2 nitrogen and oxygen atoms in total. The maximum atomic E-state index is 5.05. The molecule has 0 N–H and O–H groups in total. The van der Waals surface area contributed by atoms with Crippen LogP contribution in [0.15, 0.2) is 0 Å². The summed E-state index contributed by atoms with van der Waals surface area (Å²) in [6.45, 7) is 1.69. The van der Waals surface area contributed by atoms with Gasteiger partial charge >= 0.3 is 0 Å². The van der Waals surface area contributed by atoms with Gasteiger partial charge in [0.2, 0.25) is 0 Å². The van der Waals surface area contributed by atoms with Gasteiger partial charge in [0.15, 0.2) is 0 Å². The highest BCUT2D eigenvalue weighted by Gasteiger charge is 2.16. The van der Waals surface area contributed by atoms with Gasteiger partial charge in [0.05, 0.1) is 12.7 Å². The van der Waals surface area contributed by atoms with Crippen LogP contribution in [0.1, 0.15) is 6.42 Å². The predicted octanol–water partition coefficient (Wildman–Crippen LogP) is 0.422. The molecule has 0 saturated carbocycles. The quantitative estimate of drug-likeness (QED) is 0.503. The van der Waals surface area contributed by atoms with Crippen LogP contribution >= 0.6 is 0 Å². The van der Waals surface area contributed by atoms with Crippen LogP contribution in [-0.4, -0.2) is 26.4 Å². The van der Waals surface area contributed by atoms with Crippen molar-refractivity contribution in [2.75, 3.05) is 20.3 Å². The Morgan fingerprint density at radius 2 is 2.57 bits per heavy atom. The lowest BCUT2D eigenvalue weighted by molar-refractivity contribution is -0.0857. The van der Waals surface area contributed by atoms with Gasteiger partial charge in [-0.05, 0) is 6.42 Å². The Hall–Kier alpha value is -0.0800. The number of hydrogen-bond acceptors (Lipinski definition) is 2. The van der Waals surface area contributed by atoms with E-state index in [1.807, 2.05) is 0 Å². The molecule has 0 aromatic heterocycles. The molecule has 0 radical (unpaired) electrons. The van der Waals surface area contributed by atoms with Crippen molar-refractivity contribution in [2.45, 2.75) is 12.5 Å². The molecule has 1 atom stereocenters. The molecule has 1 fully saturated rings. The molecule has 1 rings (SSSR count). The molecule has 0 aliphatic carbocycles. The number of rotatable bonds is 2. The number of hydrogen-bond donors (Lipinski definition) is 0. The minimum atomic E-state index is 0.407. The maximum absolute atomic E-state index is 5.05. The molecule has 0 bridgehead atoms. The van der Waals surface area contributed by atoms with E-state index < -0.39 is 0 Å². The van der Waals surface area contributed by atoms with Crippen LogP contribution in [0.4, 0.5) is 0 Å².